The summed E-state index contributed by atoms with van der Waals surface area (Å²) in [6.45, 7) is 5.08. The second kappa shape index (κ2) is 7.98. The zero-order valence-corrected chi connectivity index (χ0v) is 17.6. The Kier molecular flexibility index (Phi) is 5.43. The predicted molar refractivity (Wildman–Crippen MR) is 119 cm³/mol. The molecule has 0 aliphatic heterocycles. The molecule has 1 heterocycles. The lowest BCUT2D eigenvalue weighted by molar-refractivity contribution is 0.730. The van der Waals surface area contributed by atoms with E-state index in [9.17, 15) is 0 Å². The van der Waals surface area contributed by atoms with Crippen molar-refractivity contribution in [3.8, 4) is 0 Å². The number of aryl methyl sites for hydroxylation is 4. The van der Waals surface area contributed by atoms with Crippen molar-refractivity contribution in [3.63, 3.8) is 0 Å². The van der Waals surface area contributed by atoms with Gasteiger partial charge in [-0.15, -0.1) is 0 Å². The van der Waals surface area contributed by atoms with E-state index in [1.165, 1.54) is 27.8 Å². The molecule has 4 rings (SSSR count). The van der Waals surface area contributed by atoms with Crippen LogP contribution in [0, 0.1) is 13.8 Å². The number of halogens is 2. The lowest BCUT2D eigenvalue weighted by Crippen LogP contribution is -2.07. The molecule has 0 aliphatic carbocycles. The molecule has 0 bridgehead atoms. The van der Waals surface area contributed by atoms with Crippen molar-refractivity contribution in [1.29, 1.82) is 0 Å². The fraction of sp³-hybridized carbons (Fsp3) is 0.208. The van der Waals surface area contributed by atoms with E-state index < -0.39 is 0 Å². The summed E-state index contributed by atoms with van der Waals surface area (Å²) in [5.41, 5.74) is 7.28. The van der Waals surface area contributed by atoms with Crippen molar-refractivity contribution in [2.45, 2.75) is 33.2 Å². The van der Waals surface area contributed by atoms with Crippen LogP contribution in [0.4, 0.5) is 0 Å². The highest BCUT2D eigenvalue weighted by molar-refractivity contribution is 6.30. The summed E-state index contributed by atoms with van der Waals surface area (Å²) in [6, 6.07) is 20.5. The van der Waals surface area contributed by atoms with Crippen LogP contribution < -0.4 is 0 Å². The van der Waals surface area contributed by atoms with Crippen LogP contribution in [-0.2, 0) is 19.4 Å². The minimum atomic E-state index is 0.758. The van der Waals surface area contributed by atoms with E-state index in [0.29, 0.717) is 0 Å². The number of fused-ring (bicyclic) bond motifs is 1. The number of rotatable bonds is 5. The first-order valence-corrected chi connectivity index (χ1v) is 10.2. The van der Waals surface area contributed by atoms with Gasteiger partial charge < -0.3 is 4.57 Å². The molecular formula is C24H22Cl2N2. The van der Waals surface area contributed by atoms with Crippen LogP contribution in [0.2, 0.25) is 10.0 Å². The van der Waals surface area contributed by atoms with Gasteiger partial charge in [-0.1, -0.05) is 47.5 Å². The van der Waals surface area contributed by atoms with Crippen LogP contribution in [0.5, 0.6) is 0 Å². The first-order valence-electron chi connectivity index (χ1n) is 9.45. The minimum absolute atomic E-state index is 0.758. The average molecular weight is 409 g/mol. The van der Waals surface area contributed by atoms with Gasteiger partial charge in [-0.3, -0.25) is 0 Å². The van der Waals surface area contributed by atoms with Gasteiger partial charge in [0.25, 0.3) is 0 Å². The number of nitrogens with zero attached hydrogens (tertiary/aromatic N) is 2. The molecule has 4 aromatic rings. The molecule has 4 heteroatoms. The van der Waals surface area contributed by atoms with Gasteiger partial charge in [0, 0.05) is 23.0 Å². The Morgan fingerprint density at radius 2 is 1.32 bits per heavy atom. The quantitative estimate of drug-likeness (QED) is 0.355. The lowest BCUT2D eigenvalue weighted by atomic mass is 10.1. The Morgan fingerprint density at radius 3 is 1.96 bits per heavy atom. The third-order valence-electron chi connectivity index (χ3n) is 5.25. The Bertz CT molecular complexity index is 1110. The van der Waals surface area contributed by atoms with Gasteiger partial charge in [0.2, 0.25) is 0 Å². The van der Waals surface area contributed by atoms with Crippen molar-refractivity contribution in [2.24, 2.45) is 0 Å². The number of imidazole rings is 1. The van der Waals surface area contributed by atoms with Crippen LogP contribution in [-0.4, -0.2) is 9.55 Å². The monoisotopic (exact) mass is 408 g/mol. The fourth-order valence-corrected chi connectivity index (χ4v) is 3.73. The van der Waals surface area contributed by atoms with Gasteiger partial charge in [-0.25, -0.2) is 4.98 Å². The zero-order valence-electron chi connectivity index (χ0n) is 16.0. The maximum absolute atomic E-state index is 6.06. The molecule has 0 aliphatic rings. The summed E-state index contributed by atoms with van der Waals surface area (Å²) in [5.74, 6) is 1.10. The molecule has 142 valence electrons. The topological polar surface area (TPSA) is 17.8 Å². The number of aromatic nitrogens is 2. The number of hydrogen-bond acceptors (Lipinski definition) is 1. The maximum atomic E-state index is 6.06. The molecule has 0 fully saturated rings. The minimum Gasteiger partial charge on any atom is -0.323 e. The molecule has 0 amide bonds. The Balaban J connectivity index is 1.70. The first kappa shape index (κ1) is 19.0. The van der Waals surface area contributed by atoms with Gasteiger partial charge in [-0.2, -0.15) is 0 Å². The first-order chi connectivity index (χ1) is 13.5. The van der Waals surface area contributed by atoms with Gasteiger partial charge >= 0.3 is 0 Å². The molecule has 0 N–H and O–H groups in total. The van der Waals surface area contributed by atoms with E-state index in [-0.39, 0.29) is 0 Å². The second-order valence-electron chi connectivity index (χ2n) is 7.29. The molecule has 0 atom stereocenters. The molecule has 0 saturated heterocycles. The molecule has 0 saturated carbocycles. The molecule has 1 aromatic heterocycles. The highest BCUT2D eigenvalue weighted by atomic mass is 35.5. The lowest BCUT2D eigenvalue weighted by Gasteiger charge is -2.11. The van der Waals surface area contributed by atoms with Gasteiger partial charge in [0.1, 0.15) is 5.82 Å². The van der Waals surface area contributed by atoms with Crippen LogP contribution in [0.15, 0.2) is 60.7 Å². The van der Waals surface area contributed by atoms with E-state index in [1.807, 2.05) is 24.3 Å². The third kappa shape index (κ3) is 4.09. The molecule has 0 spiro atoms. The third-order valence-corrected chi connectivity index (χ3v) is 5.75. The second-order valence-corrected chi connectivity index (χ2v) is 8.17. The van der Waals surface area contributed by atoms with Gasteiger partial charge in [0.05, 0.1) is 11.0 Å². The molecule has 3 aromatic carbocycles. The molecule has 2 nitrogen and oxygen atoms in total. The average Bonchev–Trinajstić information content (AvgIpc) is 3.00. The normalized spacial score (nSPS) is 11.3. The van der Waals surface area contributed by atoms with Crippen LogP contribution in [0.25, 0.3) is 11.0 Å². The van der Waals surface area contributed by atoms with E-state index in [1.54, 1.807) is 0 Å². The van der Waals surface area contributed by atoms with Crippen LogP contribution in [0.3, 0.4) is 0 Å². The summed E-state index contributed by atoms with van der Waals surface area (Å²) >= 11 is 12.1. The van der Waals surface area contributed by atoms with Crippen LogP contribution >= 0.6 is 23.2 Å². The van der Waals surface area contributed by atoms with Crippen molar-refractivity contribution in [1.82, 2.24) is 9.55 Å². The predicted octanol–water partition coefficient (Wildman–Crippen LogP) is 6.79. The standard InChI is InChI=1S/C24H22Cl2N2/c1-16-13-22-23(14-17(16)2)28(15-19-5-10-21(26)11-6-19)24(27-22)12-7-18-3-8-20(25)9-4-18/h3-6,8-11,13-14H,7,12,15H2,1-2H3. The molecule has 0 radical (unpaired) electrons. The molecular weight excluding hydrogens is 387 g/mol. The maximum Gasteiger partial charge on any atom is 0.110 e. The number of hydrogen-bond donors (Lipinski definition) is 0. The summed E-state index contributed by atoms with van der Waals surface area (Å²) in [6.07, 6.45) is 1.81. The summed E-state index contributed by atoms with van der Waals surface area (Å²) < 4.78 is 2.33. The summed E-state index contributed by atoms with van der Waals surface area (Å²) in [7, 11) is 0. The van der Waals surface area contributed by atoms with E-state index >= 15 is 0 Å². The van der Waals surface area contributed by atoms with Crippen LogP contribution in [0.1, 0.15) is 28.1 Å². The van der Waals surface area contributed by atoms with Crippen molar-refractivity contribution in [3.05, 3.63) is 98.8 Å². The smallest absolute Gasteiger partial charge is 0.110 e. The molecule has 0 unspecified atom stereocenters. The van der Waals surface area contributed by atoms with Crippen molar-refractivity contribution < 1.29 is 0 Å². The fourth-order valence-electron chi connectivity index (χ4n) is 3.48. The Hall–Kier alpha value is -2.29. The highest BCUT2D eigenvalue weighted by Crippen LogP contribution is 2.24. The Morgan fingerprint density at radius 1 is 0.750 bits per heavy atom. The van der Waals surface area contributed by atoms with E-state index in [2.05, 4.69) is 54.8 Å². The highest BCUT2D eigenvalue weighted by Gasteiger charge is 2.13. The molecule has 28 heavy (non-hydrogen) atoms. The van der Waals surface area contributed by atoms with E-state index in [4.69, 9.17) is 28.2 Å². The van der Waals surface area contributed by atoms with Gasteiger partial charge in [0.15, 0.2) is 0 Å². The number of benzene rings is 3. The SMILES string of the molecule is Cc1cc2nc(CCc3ccc(Cl)cc3)n(Cc3ccc(Cl)cc3)c2cc1C. The largest absolute Gasteiger partial charge is 0.323 e. The van der Waals surface area contributed by atoms with Crippen molar-refractivity contribution >= 4 is 34.2 Å². The van der Waals surface area contributed by atoms with Gasteiger partial charge in [-0.05, 0) is 78.9 Å². The van der Waals surface area contributed by atoms with E-state index in [0.717, 1.165) is 40.8 Å². The Labute approximate surface area is 175 Å². The summed E-state index contributed by atoms with van der Waals surface area (Å²) in [4.78, 5) is 4.97. The summed E-state index contributed by atoms with van der Waals surface area (Å²) in [5, 5.41) is 1.53. The zero-order chi connectivity index (χ0) is 19.7. The van der Waals surface area contributed by atoms with Crippen molar-refractivity contribution in [2.75, 3.05) is 0 Å².